The molecule has 0 heterocycles. The zero-order chi connectivity index (χ0) is 32.2. The Hall–Kier alpha value is -2.17. The van der Waals surface area contributed by atoms with E-state index >= 15 is 0 Å². The molecule has 0 aliphatic heterocycles. The Balaban J connectivity index is 3.79. The van der Waals surface area contributed by atoms with Crippen LogP contribution in [0.2, 0.25) is 0 Å². The summed E-state index contributed by atoms with van der Waals surface area (Å²) in [6.07, 6.45) is 50.1. The van der Waals surface area contributed by atoms with Gasteiger partial charge in [-0.3, -0.25) is 4.79 Å². The van der Waals surface area contributed by atoms with Crippen LogP contribution in [0, 0.1) is 0 Å². The average molecular weight is 612 g/mol. The second-order valence-corrected chi connectivity index (χ2v) is 11.9. The maximum atomic E-state index is 12.2. The summed E-state index contributed by atoms with van der Waals surface area (Å²) in [4.78, 5) is 12.2. The normalized spacial score (nSPS) is 14.0. The monoisotopic (exact) mass is 612 g/mol. The molecule has 1 amide bonds. The van der Waals surface area contributed by atoms with E-state index in [0.29, 0.717) is 0 Å². The quantitative estimate of drug-likeness (QED) is 0.0539. The van der Waals surface area contributed by atoms with Gasteiger partial charge in [-0.25, -0.2) is 0 Å². The van der Waals surface area contributed by atoms with Gasteiger partial charge in [-0.2, -0.15) is 0 Å². The average Bonchev–Trinajstić information content (AvgIpc) is 3.03. The van der Waals surface area contributed by atoms with Gasteiger partial charge in [0.05, 0.1) is 18.8 Å². The van der Waals surface area contributed by atoms with Crippen LogP contribution in [0.15, 0.2) is 72.9 Å². The highest BCUT2D eigenvalue weighted by Gasteiger charge is 2.17. The summed E-state index contributed by atoms with van der Waals surface area (Å²) in [5, 5.41) is 22.8. The highest BCUT2D eigenvalue weighted by molar-refractivity contribution is 5.77. The molecule has 4 nitrogen and oxygen atoms in total. The van der Waals surface area contributed by atoms with Gasteiger partial charge in [-0.1, -0.05) is 177 Å². The number of rotatable bonds is 31. The van der Waals surface area contributed by atoms with Crippen molar-refractivity contribution in [3.63, 3.8) is 0 Å². The number of nitrogens with one attached hydrogen (secondary N) is 1. The molecule has 0 aliphatic rings. The van der Waals surface area contributed by atoms with Crippen molar-refractivity contribution in [2.45, 2.75) is 167 Å². The molecule has 0 saturated heterocycles. The molecule has 3 N–H and O–H groups in total. The van der Waals surface area contributed by atoms with Gasteiger partial charge < -0.3 is 15.5 Å². The van der Waals surface area contributed by atoms with E-state index in [1.54, 1.807) is 6.08 Å². The van der Waals surface area contributed by atoms with Gasteiger partial charge in [-0.05, 0) is 44.9 Å². The maximum Gasteiger partial charge on any atom is 0.224 e. The van der Waals surface area contributed by atoms with Gasteiger partial charge in [0.1, 0.15) is 0 Å². The van der Waals surface area contributed by atoms with Crippen molar-refractivity contribution < 1.29 is 15.0 Å². The zero-order valence-electron chi connectivity index (χ0n) is 28.6. The summed E-state index contributed by atoms with van der Waals surface area (Å²) < 4.78 is 0. The maximum absolute atomic E-state index is 12.2. The van der Waals surface area contributed by atoms with Crippen LogP contribution < -0.4 is 5.32 Å². The minimum absolute atomic E-state index is 0.194. The molecule has 2 unspecified atom stereocenters. The first-order chi connectivity index (χ1) is 21.7. The molecule has 0 bridgehead atoms. The number of hydrogen-bond acceptors (Lipinski definition) is 3. The first-order valence-electron chi connectivity index (χ1n) is 18.2. The summed E-state index contributed by atoms with van der Waals surface area (Å²) in [5.74, 6) is -0.194. The van der Waals surface area contributed by atoms with E-state index in [9.17, 15) is 15.0 Å². The number of aliphatic hydroxyl groups excluding tert-OH is 2. The molecule has 0 spiro atoms. The van der Waals surface area contributed by atoms with E-state index in [-0.39, 0.29) is 18.9 Å². The van der Waals surface area contributed by atoms with Gasteiger partial charge in [0.25, 0.3) is 0 Å². The molecule has 44 heavy (non-hydrogen) atoms. The van der Waals surface area contributed by atoms with Gasteiger partial charge >= 0.3 is 0 Å². The minimum Gasteiger partial charge on any atom is -0.394 e. The van der Waals surface area contributed by atoms with Crippen molar-refractivity contribution in [3.05, 3.63) is 72.9 Å². The van der Waals surface area contributed by atoms with Crippen molar-refractivity contribution in [2.75, 3.05) is 6.61 Å². The van der Waals surface area contributed by atoms with Crippen LogP contribution in [0.3, 0.4) is 0 Å². The highest BCUT2D eigenvalue weighted by atomic mass is 16.3. The number of allylic oxidation sites excluding steroid dienone is 10. The fourth-order valence-electron chi connectivity index (χ4n) is 4.95. The summed E-state index contributed by atoms with van der Waals surface area (Å²) in [6, 6.07) is -0.678. The fraction of sp³-hybridized carbons (Fsp3) is 0.675. The van der Waals surface area contributed by atoms with Crippen molar-refractivity contribution in [1.29, 1.82) is 0 Å². The van der Waals surface area contributed by atoms with Gasteiger partial charge in [0.15, 0.2) is 0 Å². The van der Waals surface area contributed by atoms with E-state index < -0.39 is 12.1 Å². The van der Waals surface area contributed by atoms with Crippen LogP contribution in [0.4, 0.5) is 0 Å². The Labute approximate surface area is 272 Å². The van der Waals surface area contributed by atoms with E-state index in [0.717, 1.165) is 44.9 Å². The lowest BCUT2D eigenvalue weighted by atomic mass is 10.0. The Morgan fingerprint density at radius 1 is 0.568 bits per heavy atom. The first-order valence-corrected chi connectivity index (χ1v) is 18.2. The van der Waals surface area contributed by atoms with Crippen molar-refractivity contribution >= 4 is 5.91 Å². The molecular formula is C40H69NO3. The molecule has 0 saturated carbocycles. The Kier molecular flexibility index (Phi) is 33.6. The van der Waals surface area contributed by atoms with Crippen LogP contribution in [0.1, 0.15) is 155 Å². The molecule has 0 fully saturated rings. The molecule has 4 heteroatoms. The lowest BCUT2D eigenvalue weighted by Crippen LogP contribution is -2.44. The van der Waals surface area contributed by atoms with Gasteiger partial charge in [-0.15, -0.1) is 0 Å². The smallest absolute Gasteiger partial charge is 0.224 e. The van der Waals surface area contributed by atoms with E-state index in [4.69, 9.17) is 0 Å². The molecule has 2 atom stereocenters. The lowest BCUT2D eigenvalue weighted by Gasteiger charge is -2.19. The number of amides is 1. The van der Waals surface area contributed by atoms with Crippen LogP contribution in [-0.4, -0.2) is 34.9 Å². The topological polar surface area (TPSA) is 69.6 Å². The van der Waals surface area contributed by atoms with Crippen LogP contribution in [0.25, 0.3) is 0 Å². The summed E-state index contributed by atoms with van der Waals surface area (Å²) >= 11 is 0. The molecular weight excluding hydrogens is 542 g/mol. The third kappa shape index (κ3) is 31.3. The first kappa shape index (κ1) is 41.8. The third-order valence-electron chi connectivity index (χ3n) is 7.72. The second kappa shape index (κ2) is 35.3. The van der Waals surface area contributed by atoms with Gasteiger partial charge in [0.2, 0.25) is 5.91 Å². The van der Waals surface area contributed by atoms with Crippen molar-refractivity contribution in [1.82, 2.24) is 5.32 Å². The largest absolute Gasteiger partial charge is 0.394 e. The number of unbranched alkanes of at least 4 members (excludes halogenated alkanes) is 15. The fourth-order valence-corrected chi connectivity index (χ4v) is 4.95. The van der Waals surface area contributed by atoms with Crippen LogP contribution in [0.5, 0.6) is 0 Å². The Bertz CT molecular complexity index is 792. The standard InChI is InChI=1S/C40H69NO3/c1-3-5-7-9-11-13-15-17-19-20-22-23-25-27-29-31-33-35-39(43)38(37-42)41-40(44)36-34-32-30-28-26-24-21-18-16-14-12-10-8-6-4-2/h6,8,12,14,18,21,26,28,32-35,38-39,42-43H,3-5,7,9-11,13,15-17,19-20,22-25,27,29-31,36-37H2,1-2H3,(H,41,44)/b8-6-,14-12-,21-18-,28-26-,34-32-,35-33+. The lowest BCUT2D eigenvalue weighted by molar-refractivity contribution is -0.122. The molecule has 0 aromatic rings. The van der Waals surface area contributed by atoms with E-state index in [1.165, 1.54) is 89.9 Å². The Morgan fingerprint density at radius 3 is 1.41 bits per heavy atom. The number of carbonyl (C=O) groups excluding carboxylic acids is 1. The predicted octanol–water partition coefficient (Wildman–Crippen LogP) is 10.8. The van der Waals surface area contributed by atoms with Gasteiger partial charge in [0, 0.05) is 6.42 Å². The second-order valence-electron chi connectivity index (χ2n) is 11.9. The molecule has 0 radical (unpaired) electrons. The van der Waals surface area contributed by atoms with Crippen LogP contribution in [-0.2, 0) is 4.79 Å². The molecule has 0 rings (SSSR count). The third-order valence-corrected chi connectivity index (χ3v) is 7.72. The summed E-state index contributed by atoms with van der Waals surface area (Å²) in [7, 11) is 0. The van der Waals surface area contributed by atoms with E-state index in [2.05, 4.69) is 67.8 Å². The summed E-state index contributed by atoms with van der Waals surface area (Å²) in [5.41, 5.74) is 0. The van der Waals surface area contributed by atoms with E-state index in [1.807, 2.05) is 18.2 Å². The zero-order valence-corrected chi connectivity index (χ0v) is 28.6. The Morgan fingerprint density at radius 2 is 0.977 bits per heavy atom. The van der Waals surface area contributed by atoms with Crippen molar-refractivity contribution in [2.24, 2.45) is 0 Å². The van der Waals surface area contributed by atoms with Crippen molar-refractivity contribution in [3.8, 4) is 0 Å². The molecule has 252 valence electrons. The number of carbonyl (C=O) groups is 1. The highest BCUT2D eigenvalue weighted by Crippen LogP contribution is 2.14. The molecule has 0 aromatic heterocycles. The predicted molar refractivity (Wildman–Crippen MR) is 193 cm³/mol. The number of aliphatic hydroxyl groups is 2. The number of hydrogen-bond donors (Lipinski definition) is 3. The minimum atomic E-state index is -0.881. The molecule has 0 aromatic carbocycles. The summed E-state index contributed by atoms with van der Waals surface area (Å²) in [6.45, 7) is 4.13. The SMILES string of the molecule is CC/C=C\C/C=C\C/C=C\C/C=C\C/C=C\CC(=O)NC(CO)C(O)/C=C/CCCCCCCCCCCCCCCCC. The van der Waals surface area contributed by atoms with Crippen LogP contribution >= 0.6 is 0 Å². The molecule has 0 aliphatic carbocycles.